The summed E-state index contributed by atoms with van der Waals surface area (Å²) in [5.74, 6) is 0.501. The zero-order valence-electron chi connectivity index (χ0n) is 13.8. The first-order valence-electron chi connectivity index (χ1n) is 7.88. The molecular weight excluding hydrogens is 294 g/mol. The maximum atomic E-state index is 12.5. The van der Waals surface area contributed by atoms with Gasteiger partial charge in [-0.05, 0) is 61.1 Å². The van der Waals surface area contributed by atoms with Crippen LogP contribution in [0, 0.1) is 5.92 Å². The average molecular weight is 319 g/mol. The molecule has 0 spiro atoms. The highest BCUT2D eigenvalue weighted by atomic mass is 32.1. The highest BCUT2D eigenvalue weighted by molar-refractivity contribution is 7.07. The molecule has 22 heavy (non-hydrogen) atoms. The molecule has 0 aromatic carbocycles. The van der Waals surface area contributed by atoms with Crippen molar-refractivity contribution in [3.63, 3.8) is 0 Å². The Balaban J connectivity index is 2.03. The number of rotatable bonds is 7. The Morgan fingerprint density at radius 2 is 2.14 bits per heavy atom. The zero-order chi connectivity index (χ0) is 16.1. The average Bonchev–Trinajstić information content (AvgIpc) is 3.07. The van der Waals surface area contributed by atoms with E-state index in [9.17, 15) is 4.79 Å². The van der Waals surface area contributed by atoms with Gasteiger partial charge in [0, 0.05) is 12.6 Å². The lowest BCUT2D eigenvalue weighted by Crippen LogP contribution is -2.35. The molecule has 5 heteroatoms. The summed E-state index contributed by atoms with van der Waals surface area (Å²) in [5, 5.41) is 11.8. The van der Waals surface area contributed by atoms with E-state index in [1.54, 1.807) is 16.0 Å². The van der Waals surface area contributed by atoms with Crippen molar-refractivity contribution >= 4 is 17.2 Å². The number of hydrogen-bond acceptors (Lipinski definition) is 3. The Labute approximate surface area is 136 Å². The predicted octanol–water partition coefficient (Wildman–Crippen LogP) is 3.52. The topological polar surface area (TPSA) is 46.9 Å². The van der Waals surface area contributed by atoms with Crippen LogP contribution in [0.2, 0.25) is 0 Å². The van der Waals surface area contributed by atoms with Crippen LogP contribution >= 0.6 is 11.3 Å². The molecule has 1 amide bonds. The molecule has 2 aromatic rings. The highest BCUT2D eigenvalue weighted by Crippen LogP contribution is 2.12. The summed E-state index contributed by atoms with van der Waals surface area (Å²) < 4.78 is 1.80. The van der Waals surface area contributed by atoms with Crippen LogP contribution in [0.15, 0.2) is 22.9 Å². The number of nitrogens with one attached hydrogen (secondary N) is 1. The van der Waals surface area contributed by atoms with Crippen molar-refractivity contribution in [3.8, 4) is 0 Å². The first-order chi connectivity index (χ1) is 10.5. The van der Waals surface area contributed by atoms with Crippen LogP contribution < -0.4 is 5.32 Å². The van der Waals surface area contributed by atoms with Gasteiger partial charge in [0.2, 0.25) is 0 Å². The van der Waals surface area contributed by atoms with Crippen molar-refractivity contribution in [2.75, 3.05) is 0 Å². The van der Waals surface area contributed by atoms with Gasteiger partial charge in [0.05, 0.1) is 5.69 Å². The molecule has 0 saturated carbocycles. The summed E-state index contributed by atoms with van der Waals surface area (Å²) in [6.07, 6.45) is 1.76. The molecule has 2 heterocycles. The summed E-state index contributed by atoms with van der Waals surface area (Å²) in [6.45, 7) is 9.08. The molecule has 0 aliphatic rings. The molecular formula is C17H25N3OS. The lowest BCUT2D eigenvalue weighted by atomic mass is 10.1. The zero-order valence-corrected chi connectivity index (χ0v) is 14.6. The van der Waals surface area contributed by atoms with Gasteiger partial charge in [-0.1, -0.05) is 13.8 Å². The van der Waals surface area contributed by atoms with Gasteiger partial charge in [0.1, 0.15) is 5.69 Å². The fourth-order valence-corrected chi connectivity index (χ4v) is 3.20. The molecule has 2 rings (SSSR count). The molecule has 120 valence electrons. The Kier molecular flexibility index (Phi) is 5.77. The van der Waals surface area contributed by atoms with Gasteiger partial charge in [0.25, 0.3) is 5.91 Å². The molecule has 1 unspecified atom stereocenters. The van der Waals surface area contributed by atoms with Gasteiger partial charge in [-0.25, -0.2) is 0 Å². The predicted molar refractivity (Wildman–Crippen MR) is 91.4 cm³/mol. The molecule has 0 bridgehead atoms. The van der Waals surface area contributed by atoms with Gasteiger partial charge < -0.3 is 5.32 Å². The molecule has 1 N–H and O–H groups in total. The Morgan fingerprint density at radius 3 is 2.73 bits per heavy atom. The maximum Gasteiger partial charge on any atom is 0.269 e. The van der Waals surface area contributed by atoms with Crippen LogP contribution in [0.5, 0.6) is 0 Å². The van der Waals surface area contributed by atoms with Crippen molar-refractivity contribution in [1.82, 2.24) is 15.1 Å². The van der Waals surface area contributed by atoms with E-state index in [1.807, 2.05) is 19.9 Å². The van der Waals surface area contributed by atoms with Crippen LogP contribution in [0.4, 0.5) is 0 Å². The van der Waals surface area contributed by atoms with E-state index in [-0.39, 0.29) is 11.9 Å². The van der Waals surface area contributed by atoms with Gasteiger partial charge in [0.15, 0.2) is 0 Å². The maximum absolute atomic E-state index is 12.5. The van der Waals surface area contributed by atoms with Gasteiger partial charge in [-0.2, -0.15) is 16.4 Å². The third-order valence-corrected chi connectivity index (χ3v) is 4.21. The summed E-state index contributed by atoms with van der Waals surface area (Å²) in [5.41, 5.74) is 2.92. The fraction of sp³-hybridized carbons (Fsp3) is 0.529. The van der Waals surface area contributed by atoms with Crippen LogP contribution in [-0.4, -0.2) is 21.7 Å². The minimum atomic E-state index is -0.0351. The number of carbonyl (C=O) groups excluding carboxylic acids is 1. The fourth-order valence-electron chi connectivity index (χ4n) is 2.52. The summed E-state index contributed by atoms with van der Waals surface area (Å²) in [4.78, 5) is 12.5. The van der Waals surface area contributed by atoms with E-state index in [0.717, 1.165) is 18.5 Å². The van der Waals surface area contributed by atoms with E-state index in [4.69, 9.17) is 0 Å². The first-order valence-corrected chi connectivity index (χ1v) is 8.82. The third kappa shape index (κ3) is 4.44. The van der Waals surface area contributed by atoms with Crippen molar-refractivity contribution in [3.05, 3.63) is 39.8 Å². The van der Waals surface area contributed by atoms with E-state index >= 15 is 0 Å². The second kappa shape index (κ2) is 7.58. The second-order valence-corrected chi connectivity index (χ2v) is 6.92. The molecule has 1 atom stereocenters. The lowest BCUT2D eigenvalue weighted by molar-refractivity contribution is 0.0929. The van der Waals surface area contributed by atoms with Crippen LogP contribution in [0.3, 0.4) is 0 Å². The van der Waals surface area contributed by atoms with Crippen LogP contribution in [0.1, 0.15) is 49.4 Å². The molecule has 0 aliphatic carbocycles. The Bertz CT molecular complexity index is 601. The van der Waals surface area contributed by atoms with Crippen molar-refractivity contribution in [1.29, 1.82) is 0 Å². The van der Waals surface area contributed by atoms with E-state index < -0.39 is 0 Å². The Hall–Kier alpha value is -1.62. The van der Waals surface area contributed by atoms with Crippen LogP contribution in [0.25, 0.3) is 0 Å². The van der Waals surface area contributed by atoms with E-state index in [0.29, 0.717) is 18.2 Å². The summed E-state index contributed by atoms with van der Waals surface area (Å²) >= 11 is 1.69. The first kappa shape index (κ1) is 16.7. The van der Waals surface area contributed by atoms with Gasteiger partial charge in [-0.15, -0.1) is 0 Å². The lowest BCUT2D eigenvalue weighted by Gasteiger charge is -2.13. The molecule has 4 nitrogen and oxygen atoms in total. The summed E-state index contributed by atoms with van der Waals surface area (Å²) in [7, 11) is 0. The molecule has 0 fully saturated rings. The van der Waals surface area contributed by atoms with Gasteiger partial charge >= 0.3 is 0 Å². The third-order valence-electron chi connectivity index (χ3n) is 3.48. The molecule has 0 aliphatic heterocycles. The SMILES string of the molecule is CCn1nc(CC(C)C)cc1C(=O)NC(C)Cc1ccsc1. The van der Waals surface area contributed by atoms with Gasteiger partial charge in [-0.3, -0.25) is 9.48 Å². The van der Waals surface area contributed by atoms with Crippen molar-refractivity contribution < 1.29 is 4.79 Å². The number of carbonyl (C=O) groups is 1. The molecule has 2 aromatic heterocycles. The van der Waals surface area contributed by atoms with E-state index in [2.05, 4.69) is 41.1 Å². The number of thiophene rings is 1. The second-order valence-electron chi connectivity index (χ2n) is 6.14. The highest BCUT2D eigenvalue weighted by Gasteiger charge is 2.17. The quantitative estimate of drug-likeness (QED) is 0.848. The van der Waals surface area contributed by atoms with E-state index in [1.165, 1.54) is 5.56 Å². The number of aromatic nitrogens is 2. The monoisotopic (exact) mass is 319 g/mol. The molecule has 0 radical (unpaired) electrons. The molecule has 0 saturated heterocycles. The van der Waals surface area contributed by atoms with Crippen molar-refractivity contribution in [2.24, 2.45) is 5.92 Å². The standard InChI is InChI=1S/C17H25N3OS/c1-5-20-16(10-15(19-20)8-12(2)3)17(21)18-13(4)9-14-6-7-22-11-14/h6-7,10-13H,5,8-9H2,1-4H3,(H,18,21). The van der Waals surface area contributed by atoms with Crippen LogP contribution in [-0.2, 0) is 19.4 Å². The smallest absolute Gasteiger partial charge is 0.269 e. The van der Waals surface area contributed by atoms with Crippen molar-refractivity contribution in [2.45, 2.75) is 53.1 Å². The number of aryl methyl sites for hydroxylation is 1. The number of amides is 1. The summed E-state index contributed by atoms with van der Waals surface area (Å²) in [6, 6.07) is 4.14. The number of hydrogen-bond donors (Lipinski definition) is 1. The minimum absolute atomic E-state index is 0.0351. The number of nitrogens with zero attached hydrogens (tertiary/aromatic N) is 2. The Morgan fingerprint density at radius 1 is 1.36 bits per heavy atom. The largest absolute Gasteiger partial charge is 0.348 e. The normalized spacial score (nSPS) is 12.6. The minimum Gasteiger partial charge on any atom is -0.348 e.